The lowest BCUT2D eigenvalue weighted by Gasteiger charge is -2.30. The molecule has 0 saturated carbocycles. The van der Waals surface area contributed by atoms with Crippen molar-refractivity contribution >= 4 is 5.91 Å². The molecule has 2 heterocycles. The molecular weight excluding hydrogens is 228 g/mol. The van der Waals surface area contributed by atoms with Gasteiger partial charge in [0.15, 0.2) is 0 Å². The van der Waals surface area contributed by atoms with Gasteiger partial charge in [0, 0.05) is 18.3 Å². The molecule has 1 aromatic rings. The maximum Gasteiger partial charge on any atom is 0.270 e. The third-order valence-corrected chi connectivity index (χ3v) is 3.20. The number of nitriles is 1. The van der Waals surface area contributed by atoms with Crippen molar-refractivity contribution in [1.82, 2.24) is 15.6 Å². The summed E-state index contributed by atoms with van der Waals surface area (Å²) in [6.45, 7) is 3.07. The van der Waals surface area contributed by atoms with E-state index in [2.05, 4.69) is 22.5 Å². The highest BCUT2D eigenvalue weighted by Crippen LogP contribution is 2.09. The van der Waals surface area contributed by atoms with Crippen molar-refractivity contribution in [3.8, 4) is 6.07 Å². The Bertz CT molecular complexity index is 463. The van der Waals surface area contributed by atoms with Crippen LogP contribution in [0.3, 0.4) is 0 Å². The van der Waals surface area contributed by atoms with Gasteiger partial charge >= 0.3 is 0 Å². The molecule has 2 N–H and O–H groups in total. The number of piperidine rings is 1. The average Bonchev–Trinajstić information content (AvgIpc) is 2.41. The van der Waals surface area contributed by atoms with Crippen LogP contribution >= 0.6 is 0 Å². The van der Waals surface area contributed by atoms with Gasteiger partial charge in [-0.2, -0.15) is 5.26 Å². The molecule has 0 aliphatic carbocycles. The van der Waals surface area contributed by atoms with Crippen molar-refractivity contribution in [3.05, 3.63) is 29.6 Å². The van der Waals surface area contributed by atoms with Gasteiger partial charge in [0.05, 0.1) is 5.56 Å². The molecule has 5 heteroatoms. The lowest BCUT2D eigenvalue weighted by Crippen LogP contribution is -2.52. The minimum atomic E-state index is -0.181. The van der Waals surface area contributed by atoms with Crippen LogP contribution in [-0.2, 0) is 0 Å². The molecule has 0 aromatic carbocycles. The average molecular weight is 244 g/mol. The normalized spacial score (nSPS) is 23.1. The summed E-state index contributed by atoms with van der Waals surface area (Å²) < 4.78 is 0. The molecule has 1 aliphatic rings. The van der Waals surface area contributed by atoms with E-state index in [1.165, 1.54) is 6.20 Å². The molecule has 1 fully saturated rings. The van der Waals surface area contributed by atoms with Gasteiger partial charge < -0.3 is 10.6 Å². The Morgan fingerprint density at radius 1 is 1.61 bits per heavy atom. The molecule has 18 heavy (non-hydrogen) atoms. The fraction of sp³-hybridized carbons (Fsp3) is 0.462. The summed E-state index contributed by atoms with van der Waals surface area (Å²) in [6.07, 6.45) is 3.46. The molecule has 0 spiro atoms. The van der Waals surface area contributed by atoms with Crippen LogP contribution < -0.4 is 10.6 Å². The predicted molar refractivity (Wildman–Crippen MR) is 66.9 cm³/mol. The molecule has 1 aliphatic heterocycles. The topological polar surface area (TPSA) is 77.8 Å². The van der Waals surface area contributed by atoms with Gasteiger partial charge in [-0.3, -0.25) is 4.79 Å². The zero-order valence-electron chi connectivity index (χ0n) is 10.3. The van der Waals surface area contributed by atoms with Crippen LogP contribution in [0.2, 0.25) is 0 Å². The Labute approximate surface area is 106 Å². The molecule has 2 unspecified atom stereocenters. The lowest BCUT2D eigenvalue weighted by atomic mass is 10.00. The van der Waals surface area contributed by atoms with Gasteiger partial charge in [-0.1, -0.05) is 0 Å². The van der Waals surface area contributed by atoms with Gasteiger partial charge in [0.1, 0.15) is 11.8 Å². The molecular formula is C13H16N4O. The highest BCUT2D eigenvalue weighted by molar-refractivity contribution is 5.92. The van der Waals surface area contributed by atoms with Crippen LogP contribution in [0, 0.1) is 11.3 Å². The number of nitrogens with one attached hydrogen (secondary N) is 2. The molecule has 94 valence electrons. The number of nitrogens with zero attached hydrogens (tertiary/aromatic N) is 2. The second-order valence-corrected chi connectivity index (χ2v) is 4.51. The Morgan fingerprint density at radius 3 is 3.06 bits per heavy atom. The monoisotopic (exact) mass is 244 g/mol. The van der Waals surface area contributed by atoms with Gasteiger partial charge in [-0.25, -0.2) is 4.98 Å². The molecule has 5 nitrogen and oxygen atoms in total. The SMILES string of the molecule is CC1NCCCC1NC(=O)c1ccc(C#N)cn1. The van der Waals surface area contributed by atoms with Crippen molar-refractivity contribution in [2.75, 3.05) is 6.54 Å². The third kappa shape index (κ3) is 2.84. The maximum absolute atomic E-state index is 12.0. The summed E-state index contributed by atoms with van der Waals surface area (Å²) in [7, 11) is 0. The minimum absolute atomic E-state index is 0.142. The summed E-state index contributed by atoms with van der Waals surface area (Å²) in [5, 5.41) is 15.0. The number of pyridine rings is 1. The minimum Gasteiger partial charge on any atom is -0.346 e. The van der Waals surface area contributed by atoms with Gasteiger partial charge in [0.2, 0.25) is 0 Å². The second kappa shape index (κ2) is 5.61. The zero-order valence-corrected chi connectivity index (χ0v) is 10.3. The molecule has 1 aromatic heterocycles. The number of carbonyl (C=O) groups excluding carboxylic acids is 1. The van der Waals surface area contributed by atoms with E-state index in [1.807, 2.05) is 6.07 Å². The number of rotatable bonds is 2. The van der Waals surface area contributed by atoms with Crippen molar-refractivity contribution in [1.29, 1.82) is 5.26 Å². The van der Waals surface area contributed by atoms with E-state index in [4.69, 9.17) is 5.26 Å². The quantitative estimate of drug-likeness (QED) is 0.807. The molecule has 0 radical (unpaired) electrons. The van der Waals surface area contributed by atoms with Crippen molar-refractivity contribution < 1.29 is 4.79 Å². The van der Waals surface area contributed by atoms with E-state index < -0.39 is 0 Å². The molecule has 0 bridgehead atoms. The Balaban J connectivity index is 2.00. The number of amides is 1. The van der Waals surface area contributed by atoms with E-state index in [0.29, 0.717) is 11.3 Å². The number of aromatic nitrogens is 1. The summed E-state index contributed by atoms with van der Waals surface area (Å²) in [4.78, 5) is 16.0. The second-order valence-electron chi connectivity index (χ2n) is 4.51. The van der Waals surface area contributed by atoms with Crippen molar-refractivity contribution in [3.63, 3.8) is 0 Å². The van der Waals surface area contributed by atoms with Crippen LogP contribution in [-0.4, -0.2) is 29.5 Å². The third-order valence-electron chi connectivity index (χ3n) is 3.20. The fourth-order valence-corrected chi connectivity index (χ4v) is 2.08. The number of hydrogen-bond donors (Lipinski definition) is 2. The summed E-state index contributed by atoms with van der Waals surface area (Å²) in [6, 6.07) is 5.58. The zero-order chi connectivity index (χ0) is 13.0. The van der Waals surface area contributed by atoms with E-state index in [9.17, 15) is 4.79 Å². The Hall–Kier alpha value is -1.93. The predicted octanol–water partition coefficient (Wildman–Crippen LogP) is 0.824. The highest BCUT2D eigenvalue weighted by Gasteiger charge is 2.23. The molecule has 2 atom stereocenters. The summed E-state index contributed by atoms with van der Waals surface area (Å²) in [5.74, 6) is -0.181. The van der Waals surface area contributed by atoms with Crippen molar-refractivity contribution in [2.24, 2.45) is 0 Å². The van der Waals surface area contributed by atoms with Gasteiger partial charge in [0.25, 0.3) is 5.91 Å². The largest absolute Gasteiger partial charge is 0.346 e. The molecule has 2 rings (SSSR count). The standard InChI is InChI=1S/C13H16N4O/c1-9-11(3-2-6-15-9)17-13(18)12-5-4-10(7-14)8-16-12/h4-5,8-9,11,15H,2-3,6H2,1H3,(H,17,18). The van der Waals surface area contributed by atoms with Crippen LogP contribution in [0.25, 0.3) is 0 Å². The Kier molecular flexibility index (Phi) is 3.90. The summed E-state index contributed by atoms with van der Waals surface area (Å²) >= 11 is 0. The maximum atomic E-state index is 12.0. The van der Waals surface area contributed by atoms with Gasteiger partial charge in [-0.15, -0.1) is 0 Å². The van der Waals surface area contributed by atoms with E-state index in [-0.39, 0.29) is 18.0 Å². The first kappa shape index (κ1) is 12.5. The van der Waals surface area contributed by atoms with Crippen LogP contribution in [0.15, 0.2) is 18.3 Å². The first-order chi connectivity index (χ1) is 8.70. The molecule has 1 saturated heterocycles. The highest BCUT2D eigenvalue weighted by atomic mass is 16.1. The Morgan fingerprint density at radius 2 is 2.44 bits per heavy atom. The van der Waals surface area contributed by atoms with Crippen LogP contribution in [0.4, 0.5) is 0 Å². The number of carbonyl (C=O) groups is 1. The molecule has 1 amide bonds. The van der Waals surface area contributed by atoms with Crippen molar-refractivity contribution in [2.45, 2.75) is 31.8 Å². The smallest absolute Gasteiger partial charge is 0.270 e. The van der Waals surface area contributed by atoms with E-state index in [0.717, 1.165) is 19.4 Å². The number of hydrogen-bond acceptors (Lipinski definition) is 4. The van der Waals surface area contributed by atoms with Gasteiger partial charge in [-0.05, 0) is 38.4 Å². The van der Waals surface area contributed by atoms with Crippen LogP contribution in [0.5, 0.6) is 0 Å². The first-order valence-corrected chi connectivity index (χ1v) is 6.11. The van der Waals surface area contributed by atoms with Crippen LogP contribution in [0.1, 0.15) is 35.8 Å². The first-order valence-electron chi connectivity index (χ1n) is 6.11. The fourth-order valence-electron chi connectivity index (χ4n) is 2.08. The summed E-state index contributed by atoms with van der Waals surface area (Å²) in [5.41, 5.74) is 0.811. The van der Waals surface area contributed by atoms with E-state index >= 15 is 0 Å². The van der Waals surface area contributed by atoms with E-state index in [1.54, 1.807) is 12.1 Å². The lowest BCUT2D eigenvalue weighted by molar-refractivity contribution is 0.0915.